The summed E-state index contributed by atoms with van der Waals surface area (Å²) in [6.45, 7) is 0.720. The first-order valence-electron chi connectivity index (χ1n) is 5.69. The monoisotopic (exact) mass is 270 g/mol. The van der Waals surface area contributed by atoms with Crippen molar-refractivity contribution in [3.05, 3.63) is 5.28 Å². The minimum absolute atomic E-state index is 0.0378. The zero-order chi connectivity index (χ0) is 13.1. The second-order valence-electron chi connectivity index (χ2n) is 4.25. The molecule has 1 amide bonds. The summed E-state index contributed by atoms with van der Waals surface area (Å²) in [6.07, 6.45) is 1.69. The lowest BCUT2D eigenvalue weighted by atomic mass is 10.1. The molecule has 0 bridgehead atoms. The first-order valence-corrected chi connectivity index (χ1v) is 6.07. The quantitative estimate of drug-likeness (QED) is 0.821. The Balaban J connectivity index is 2.15. The van der Waals surface area contributed by atoms with Crippen LogP contribution in [-0.2, 0) is 4.79 Å². The molecule has 0 radical (unpaired) electrons. The minimum atomic E-state index is -0.313. The van der Waals surface area contributed by atoms with E-state index in [0.717, 1.165) is 19.4 Å². The number of nitrogens with zero attached hydrogens (tertiary/aromatic N) is 4. The Morgan fingerprint density at radius 2 is 2.17 bits per heavy atom. The van der Waals surface area contributed by atoms with Gasteiger partial charge in [0.05, 0.1) is 0 Å². The van der Waals surface area contributed by atoms with E-state index in [1.807, 2.05) is 14.1 Å². The van der Waals surface area contributed by atoms with Crippen molar-refractivity contribution < 1.29 is 4.79 Å². The van der Waals surface area contributed by atoms with Gasteiger partial charge in [-0.2, -0.15) is 15.0 Å². The second-order valence-corrected chi connectivity index (χ2v) is 4.59. The van der Waals surface area contributed by atoms with Crippen LogP contribution in [0.3, 0.4) is 0 Å². The number of piperidine rings is 1. The molecule has 1 aliphatic heterocycles. The first-order chi connectivity index (χ1) is 8.56. The molecule has 2 rings (SSSR count). The van der Waals surface area contributed by atoms with Crippen molar-refractivity contribution >= 4 is 29.4 Å². The normalized spacial score (nSPS) is 19.3. The Morgan fingerprint density at radius 1 is 1.39 bits per heavy atom. The van der Waals surface area contributed by atoms with Gasteiger partial charge in [-0.1, -0.05) is 0 Å². The summed E-state index contributed by atoms with van der Waals surface area (Å²) in [7, 11) is 3.62. The van der Waals surface area contributed by atoms with Gasteiger partial charge in [0.25, 0.3) is 0 Å². The molecule has 98 valence electrons. The zero-order valence-corrected chi connectivity index (χ0v) is 11.0. The molecule has 0 saturated carbocycles. The molecule has 1 saturated heterocycles. The van der Waals surface area contributed by atoms with E-state index in [0.29, 0.717) is 11.9 Å². The van der Waals surface area contributed by atoms with E-state index in [1.54, 1.807) is 4.90 Å². The molecule has 1 unspecified atom stereocenters. The van der Waals surface area contributed by atoms with Gasteiger partial charge in [-0.15, -0.1) is 0 Å². The molecule has 1 fully saturated rings. The van der Waals surface area contributed by atoms with Gasteiger partial charge in [0.2, 0.25) is 23.1 Å². The van der Waals surface area contributed by atoms with Gasteiger partial charge < -0.3 is 15.5 Å². The van der Waals surface area contributed by atoms with Crippen LogP contribution < -0.4 is 15.5 Å². The smallest absolute Gasteiger partial charge is 0.242 e. The maximum Gasteiger partial charge on any atom is 0.242 e. The number of amides is 1. The molecule has 1 aromatic rings. The number of rotatable bonds is 3. The Bertz CT molecular complexity index is 452. The highest BCUT2D eigenvalue weighted by molar-refractivity contribution is 6.28. The topological polar surface area (TPSA) is 83.0 Å². The van der Waals surface area contributed by atoms with Crippen molar-refractivity contribution in [3.63, 3.8) is 0 Å². The standard InChI is InChI=1S/C10H15ClN6O/c1-17(2)10-15-8(11)14-9(16-10)13-6-4-3-5-12-7(6)18/h6H,3-5H2,1-2H3,(H,12,18)(H,13,14,15,16). The third-order valence-electron chi connectivity index (χ3n) is 2.58. The third-order valence-corrected chi connectivity index (χ3v) is 2.75. The number of aromatic nitrogens is 3. The van der Waals surface area contributed by atoms with E-state index in [1.165, 1.54) is 0 Å². The van der Waals surface area contributed by atoms with Gasteiger partial charge in [0.15, 0.2) is 0 Å². The summed E-state index contributed by atoms with van der Waals surface area (Å²) in [4.78, 5) is 25.5. The van der Waals surface area contributed by atoms with Crippen molar-refractivity contribution in [1.82, 2.24) is 20.3 Å². The fraction of sp³-hybridized carbons (Fsp3) is 0.600. The fourth-order valence-corrected chi connectivity index (χ4v) is 1.83. The summed E-state index contributed by atoms with van der Waals surface area (Å²) in [6, 6.07) is -0.313. The maximum atomic E-state index is 11.6. The highest BCUT2D eigenvalue weighted by Gasteiger charge is 2.23. The Labute approximate surface area is 110 Å². The van der Waals surface area contributed by atoms with Gasteiger partial charge in [0.1, 0.15) is 6.04 Å². The van der Waals surface area contributed by atoms with Gasteiger partial charge in [-0.3, -0.25) is 4.79 Å². The lowest BCUT2D eigenvalue weighted by Crippen LogP contribution is -2.44. The van der Waals surface area contributed by atoms with Crippen LogP contribution in [0.2, 0.25) is 5.28 Å². The average Bonchev–Trinajstić information content (AvgIpc) is 2.31. The molecule has 8 heteroatoms. The van der Waals surface area contributed by atoms with Crippen molar-refractivity contribution in [1.29, 1.82) is 0 Å². The minimum Gasteiger partial charge on any atom is -0.354 e. The fourth-order valence-electron chi connectivity index (χ4n) is 1.67. The molecule has 2 N–H and O–H groups in total. The largest absolute Gasteiger partial charge is 0.354 e. The molecule has 0 aliphatic carbocycles. The van der Waals surface area contributed by atoms with E-state index < -0.39 is 0 Å². The molecule has 7 nitrogen and oxygen atoms in total. The van der Waals surface area contributed by atoms with Crippen LogP contribution in [0.5, 0.6) is 0 Å². The van der Waals surface area contributed by atoms with Crippen LogP contribution in [-0.4, -0.2) is 47.5 Å². The summed E-state index contributed by atoms with van der Waals surface area (Å²) in [5.74, 6) is 0.735. The molecule has 1 atom stereocenters. The molecule has 18 heavy (non-hydrogen) atoms. The Hall–Kier alpha value is -1.63. The molecular formula is C10H15ClN6O. The van der Waals surface area contributed by atoms with Gasteiger partial charge in [-0.05, 0) is 24.4 Å². The number of hydrogen-bond donors (Lipinski definition) is 2. The average molecular weight is 271 g/mol. The molecule has 1 aliphatic rings. The highest BCUT2D eigenvalue weighted by atomic mass is 35.5. The van der Waals surface area contributed by atoms with Gasteiger partial charge in [0, 0.05) is 20.6 Å². The van der Waals surface area contributed by atoms with Crippen LogP contribution in [0.15, 0.2) is 0 Å². The predicted molar refractivity (Wildman–Crippen MR) is 68.8 cm³/mol. The van der Waals surface area contributed by atoms with Crippen molar-refractivity contribution in [2.24, 2.45) is 0 Å². The SMILES string of the molecule is CN(C)c1nc(Cl)nc(NC2CCCNC2=O)n1. The van der Waals surface area contributed by atoms with E-state index in [2.05, 4.69) is 25.6 Å². The molecule has 0 spiro atoms. The number of halogens is 1. The van der Waals surface area contributed by atoms with E-state index in [9.17, 15) is 4.79 Å². The summed E-state index contributed by atoms with van der Waals surface area (Å²) >= 11 is 5.82. The van der Waals surface area contributed by atoms with Gasteiger partial charge in [-0.25, -0.2) is 0 Å². The number of carbonyl (C=O) groups is 1. The summed E-state index contributed by atoms with van der Waals surface area (Å²) in [5, 5.41) is 5.87. The zero-order valence-electron chi connectivity index (χ0n) is 10.3. The molecular weight excluding hydrogens is 256 g/mol. The molecule has 0 aromatic carbocycles. The Kier molecular flexibility index (Phi) is 3.81. The van der Waals surface area contributed by atoms with E-state index >= 15 is 0 Å². The number of hydrogen-bond acceptors (Lipinski definition) is 6. The van der Waals surface area contributed by atoms with Crippen LogP contribution in [0, 0.1) is 0 Å². The number of carbonyl (C=O) groups excluding carboxylic acids is 1. The highest BCUT2D eigenvalue weighted by Crippen LogP contribution is 2.14. The van der Waals surface area contributed by atoms with Gasteiger partial charge >= 0.3 is 0 Å². The van der Waals surface area contributed by atoms with Crippen LogP contribution >= 0.6 is 11.6 Å². The van der Waals surface area contributed by atoms with E-state index in [4.69, 9.17) is 11.6 Å². The maximum absolute atomic E-state index is 11.6. The van der Waals surface area contributed by atoms with Crippen molar-refractivity contribution in [2.75, 3.05) is 30.9 Å². The lowest BCUT2D eigenvalue weighted by molar-refractivity contribution is -0.123. The number of anilines is 2. The third kappa shape index (κ3) is 2.98. The van der Waals surface area contributed by atoms with E-state index in [-0.39, 0.29) is 17.2 Å². The summed E-state index contributed by atoms with van der Waals surface area (Å²) < 4.78 is 0. The molecule has 2 heterocycles. The Morgan fingerprint density at radius 3 is 2.83 bits per heavy atom. The predicted octanol–water partition coefficient (Wildman–Crippen LogP) is 0.281. The number of nitrogens with one attached hydrogen (secondary N) is 2. The molecule has 1 aromatic heterocycles. The summed E-state index contributed by atoms with van der Waals surface area (Å²) in [5.41, 5.74) is 0. The van der Waals surface area contributed by atoms with Crippen LogP contribution in [0.1, 0.15) is 12.8 Å². The van der Waals surface area contributed by atoms with Crippen LogP contribution in [0.25, 0.3) is 0 Å². The second kappa shape index (κ2) is 5.34. The first kappa shape index (κ1) is 12.8. The van der Waals surface area contributed by atoms with Crippen molar-refractivity contribution in [3.8, 4) is 0 Å². The lowest BCUT2D eigenvalue weighted by Gasteiger charge is -2.23. The van der Waals surface area contributed by atoms with Crippen LogP contribution in [0.4, 0.5) is 11.9 Å². The van der Waals surface area contributed by atoms with Crippen molar-refractivity contribution in [2.45, 2.75) is 18.9 Å².